The van der Waals surface area contributed by atoms with Crippen LogP contribution in [0, 0.1) is 0 Å². The Kier molecular flexibility index (Phi) is 6.84. The minimum atomic E-state index is -0.479. The van der Waals surface area contributed by atoms with E-state index in [-0.39, 0.29) is 6.61 Å². The normalized spacial score (nSPS) is 9.96. The Morgan fingerprint density at radius 3 is 2.42 bits per heavy atom. The summed E-state index contributed by atoms with van der Waals surface area (Å²) in [5.74, 6) is 0.583. The van der Waals surface area contributed by atoms with Crippen molar-refractivity contribution in [3.63, 3.8) is 0 Å². The summed E-state index contributed by atoms with van der Waals surface area (Å²) in [6.07, 6.45) is 0.880. The first-order valence-electron chi connectivity index (χ1n) is 8.10. The minimum Gasteiger partial charge on any atom is -0.493 e. The van der Waals surface area contributed by atoms with E-state index in [9.17, 15) is 9.59 Å². The van der Waals surface area contributed by atoms with Crippen LogP contribution in [0.5, 0.6) is 17.2 Å². The maximum atomic E-state index is 12.1. The molecule has 0 unspecified atom stereocenters. The number of hydrogen-bond donors (Lipinski definition) is 2. The fourth-order valence-corrected chi connectivity index (χ4v) is 2.22. The first kappa shape index (κ1) is 19.1. The van der Waals surface area contributed by atoms with Crippen molar-refractivity contribution in [3.05, 3.63) is 53.6 Å². The first-order chi connectivity index (χ1) is 12.6. The number of carbonyl (C=O) groups excluding carboxylic acids is 2. The number of methoxy groups -OCH3 is 2. The lowest BCUT2D eigenvalue weighted by atomic mass is 10.2. The molecule has 0 fully saturated rings. The monoisotopic (exact) mass is 358 g/mol. The molecule has 0 saturated heterocycles. The van der Waals surface area contributed by atoms with E-state index in [1.807, 2.05) is 25.1 Å². The van der Waals surface area contributed by atoms with Gasteiger partial charge in [-0.3, -0.25) is 20.4 Å². The Bertz CT molecular complexity index is 776. The van der Waals surface area contributed by atoms with E-state index >= 15 is 0 Å². The molecule has 0 aromatic heterocycles. The van der Waals surface area contributed by atoms with Crippen molar-refractivity contribution in [3.8, 4) is 17.2 Å². The molecule has 0 atom stereocenters. The third-order valence-corrected chi connectivity index (χ3v) is 3.64. The molecule has 2 aromatic rings. The van der Waals surface area contributed by atoms with Crippen molar-refractivity contribution in [2.75, 3.05) is 20.8 Å². The fraction of sp³-hybridized carbons (Fsp3) is 0.263. The lowest BCUT2D eigenvalue weighted by Crippen LogP contribution is -2.43. The van der Waals surface area contributed by atoms with E-state index in [4.69, 9.17) is 14.2 Å². The number of ether oxygens (including phenoxy) is 3. The maximum Gasteiger partial charge on any atom is 0.276 e. The van der Waals surface area contributed by atoms with Gasteiger partial charge in [-0.1, -0.05) is 19.1 Å². The van der Waals surface area contributed by atoms with Crippen molar-refractivity contribution in [2.24, 2.45) is 0 Å². The number of benzene rings is 2. The van der Waals surface area contributed by atoms with Gasteiger partial charge in [0, 0.05) is 5.56 Å². The highest BCUT2D eigenvalue weighted by atomic mass is 16.5. The molecule has 26 heavy (non-hydrogen) atoms. The predicted molar refractivity (Wildman–Crippen MR) is 96.5 cm³/mol. The molecule has 0 saturated carbocycles. The van der Waals surface area contributed by atoms with Crippen LogP contribution in [0.1, 0.15) is 22.8 Å². The Morgan fingerprint density at radius 2 is 1.73 bits per heavy atom. The molecule has 0 aliphatic rings. The van der Waals surface area contributed by atoms with Gasteiger partial charge in [0.15, 0.2) is 18.1 Å². The lowest BCUT2D eigenvalue weighted by molar-refractivity contribution is -0.123. The molecule has 0 bridgehead atoms. The van der Waals surface area contributed by atoms with Gasteiger partial charge in [-0.2, -0.15) is 0 Å². The topological polar surface area (TPSA) is 85.9 Å². The highest BCUT2D eigenvalue weighted by molar-refractivity contribution is 5.96. The molecule has 7 nitrogen and oxygen atoms in total. The Hall–Kier alpha value is -3.22. The molecule has 0 heterocycles. The van der Waals surface area contributed by atoms with Gasteiger partial charge in [-0.15, -0.1) is 0 Å². The summed E-state index contributed by atoms with van der Waals surface area (Å²) < 4.78 is 15.7. The van der Waals surface area contributed by atoms with Crippen LogP contribution in [0.2, 0.25) is 0 Å². The average Bonchev–Trinajstić information content (AvgIpc) is 2.69. The van der Waals surface area contributed by atoms with E-state index < -0.39 is 11.8 Å². The second kappa shape index (κ2) is 9.31. The Morgan fingerprint density at radius 1 is 0.962 bits per heavy atom. The summed E-state index contributed by atoms with van der Waals surface area (Å²) >= 11 is 0. The quantitative estimate of drug-likeness (QED) is 0.741. The molecule has 138 valence electrons. The second-order valence-corrected chi connectivity index (χ2v) is 5.36. The van der Waals surface area contributed by atoms with Gasteiger partial charge in [0.05, 0.1) is 14.2 Å². The van der Waals surface area contributed by atoms with E-state index in [0.29, 0.717) is 22.8 Å². The third kappa shape index (κ3) is 5.14. The third-order valence-electron chi connectivity index (χ3n) is 3.64. The summed E-state index contributed by atoms with van der Waals surface area (Å²) in [4.78, 5) is 23.9. The molecule has 2 amide bonds. The van der Waals surface area contributed by atoms with E-state index in [1.165, 1.54) is 20.3 Å². The second-order valence-electron chi connectivity index (χ2n) is 5.36. The molecule has 7 heteroatoms. The van der Waals surface area contributed by atoms with Crippen LogP contribution in [0.3, 0.4) is 0 Å². The smallest absolute Gasteiger partial charge is 0.276 e. The zero-order chi connectivity index (χ0) is 18.9. The van der Waals surface area contributed by atoms with Crippen molar-refractivity contribution in [1.82, 2.24) is 10.9 Å². The molecule has 0 aliphatic carbocycles. The van der Waals surface area contributed by atoms with E-state index in [0.717, 1.165) is 12.0 Å². The number of amides is 2. The van der Waals surface area contributed by atoms with E-state index in [1.54, 1.807) is 18.2 Å². The van der Waals surface area contributed by atoms with Crippen LogP contribution < -0.4 is 25.1 Å². The van der Waals surface area contributed by atoms with Crippen molar-refractivity contribution in [2.45, 2.75) is 13.3 Å². The zero-order valence-corrected chi connectivity index (χ0v) is 15.0. The molecular weight excluding hydrogens is 336 g/mol. The van der Waals surface area contributed by atoms with Crippen molar-refractivity contribution in [1.29, 1.82) is 0 Å². The highest BCUT2D eigenvalue weighted by Gasteiger charge is 2.12. The lowest BCUT2D eigenvalue weighted by Gasteiger charge is -2.11. The Balaban J connectivity index is 1.85. The first-order valence-corrected chi connectivity index (χ1v) is 8.10. The summed E-state index contributed by atoms with van der Waals surface area (Å²) in [6, 6.07) is 12.2. The minimum absolute atomic E-state index is 0.209. The van der Waals surface area contributed by atoms with Gasteiger partial charge in [0.2, 0.25) is 0 Å². The zero-order valence-electron chi connectivity index (χ0n) is 15.0. The van der Waals surface area contributed by atoms with Crippen LogP contribution in [0.4, 0.5) is 0 Å². The Labute approximate surface area is 152 Å². The van der Waals surface area contributed by atoms with Crippen LogP contribution in [-0.2, 0) is 11.2 Å². The molecule has 2 rings (SSSR count). The molecule has 2 N–H and O–H groups in total. The van der Waals surface area contributed by atoms with Crippen LogP contribution >= 0.6 is 0 Å². The van der Waals surface area contributed by atoms with Gasteiger partial charge in [0.1, 0.15) is 5.75 Å². The van der Waals surface area contributed by atoms with Gasteiger partial charge < -0.3 is 14.2 Å². The number of carbonyl (C=O) groups is 2. The SMILES string of the molecule is CCc1cccc(OCC(=O)NNC(=O)c2ccc(OC)c(OC)c2)c1. The summed E-state index contributed by atoms with van der Waals surface area (Å²) in [5, 5.41) is 0. The molecule has 0 aliphatic heterocycles. The predicted octanol–water partition coefficient (Wildman–Crippen LogP) is 2.11. The average molecular weight is 358 g/mol. The van der Waals surface area contributed by atoms with Crippen LogP contribution in [0.15, 0.2) is 42.5 Å². The standard InChI is InChI=1S/C19H22N2O5/c1-4-13-6-5-7-15(10-13)26-12-18(22)20-21-19(23)14-8-9-16(24-2)17(11-14)25-3/h5-11H,4,12H2,1-3H3,(H,20,22)(H,21,23). The number of aryl methyl sites for hydroxylation is 1. The maximum absolute atomic E-state index is 12.1. The van der Waals surface area contributed by atoms with Crippen LogP contribution in [0.25, 0.3) is 0 Å². The van der Waals surface area contributed by atoms with Gasteiger partial charge in [0.25, 0.3) is 11.8 Å². The number of hydrogen-bond acceptors (Lipinski definition) is 5. The van der Waals surface area contributed by atoms with Crippen molar-refractivity contribution >= 4 is 11.8 Å². The van der Waals surface area contributed by atoms with Gasteiger partial charge in [-0.05, 0) is 42.3 Å². The molecular formula is C19H22N2O5. The molecule has 0 radical (unpaired) electrons. The number of nitrogens with one attached hydrogen (secondary N) is 2. The molecule has 2 aromatic carbocycles. The number of rotatable bonds is 7. The fourth-order valence-electron chi connectivity index (χ4n) is 2.22. The highest BCUT2D eigenvalue weighted by Crippen LogP contribution is 2.27. The van der Waals surface area contributed by atoms with E-state index in [2.05, 4.69) is 10.9 Å². The summed E-state index contributed by atoms with van der Waals surface area (Å²) in [5.41, 5.74) is 6.08. The molecule has 0 spiro atoms. The summed E-state index contributed by atoms with van der Waals surface area (Å²) in [7, 11) is 2.99. The van der Waals surface area contributed by atoms with Crippen LogP contribution in [-0.4, -0.2) is 32.6 Å². The number of hydrazine groups is 1. The van der Waals surface area contributed by atoms with Gasteiger partial charge in [-0.25, -0.2) is 0 Å². The van der Waals surface area contributed by atoms with Gasteiger partial charge >= 0.3 is 0 Å². The summed E-state index contributed by atoms with van der Waals surface area (Å²) in [6.45, 7) is 1.83. The van der Waals surface area contributed by atoms with Crippen molar-refractivity contribution < 1.29 is 23.8 Å². The largest absolute Gasteiger partial charge is 0.493 e.